The molecule has 110 valence electrons. The monoisotopic (exact) mass is 283 g/mol. The topological polar surface area (TPSA) is 58.4 Å². The van der Waals surface area contributed by atoms with Gasteiger partial charge in [-0.05, 0) is 37.7 Å². The summed E-state index contributed by atoms with van der Waals surface area (Å²) >= 11 is 0. The van der Waals surface area contributed by atoms with Crippen molar-refractivity contribution in [3.63, 3.8) is 0 Å². The highest BCUT2D eigenvalue weighted by atomic mass is 16.2. The lowest BCUT2D eigenvalue weighted by Crippen LogP contribution is -2.39. The number of hydrogen-bond acceptors (Lipinski definition) is 3. The molecule has 2 aromatic carbocycles. The van der Waals surface area contributed by atoms with Gasteiger partial charge in [0.2, 0.25) is 5.91 Å². The Balaban J connectivity index is 1.97. The second-order valence-electron chi connectivity index (χ2n) is 5.15. The van der Waals surface area contributed by atoms with Crippen LogP contribution < -0.4 is 11.1 Å². The molecule has 0 radical (unpaired) electrons. The highest BCUT2D eigenvalue weighted by Crippen LogP contribution is 2.15. The van der Waals surface area contributed by atoms with Crippen LogP contribution in [0.2, 0.25) is 0 Å². The number of carbonyl (C=O) groups is 1. The molecule has 1 amide bonds. The number of para-hydroxylation sites is 2. The molecule has 1 unspecified atom stereocenters. The van der Waals surface area contributed by atoms with E-state index in [1.54, 1.807) is 0 Å². The van der Waals surface area contributed by atoms with Crippen LogP contribution in [0, 0.1) is 0 Å². The predicted molar refractivity (Wildman–Crippen MR) is 86.9 cm³/mol. The van der Waals surface area contributed by atoms with Gasteiger partial charge in [-0.15, -0.1) is 0 Å². The smallest absolute Gasteiger partial charge is 0.241 e. The zero-order valence-electron chi connectivity index (χ0n) is 12.4. The lowest BCUT2D eigenvalue weighted by molar-refractivity contribution is -0.120. The van der Waals surface area contributed by atoms with Crippen molar-refractivity contribution in [2.24, 2.45) is 0 Å². The summed E-state index contributed by atoms with van der Waals surface area (Å²) in [6.45, 7) is 2.52. The number of likely N-dealkylation sites (N-methyl/N-ethyl adjacent to an activating group) is 1. The van der Waals surface area contributed by atoms with Gasteiger partial charge in [0.1, 0.15) is 0 Å². The van der Waals surface area contributed by atoms with E-state index < -0.39 is 0 Å². The van der Waals surface area contributed by atoms with Gasteiger partial charge in [0.25, 0.3) is 0 Å². The van der Waals surface area contributed by atoms with Crippen LogP contribution in [0.5, 0.6) is 0 Å². The van der Waals surface area contributed by atoms with Crippen LogP contribution in [0.15, 0.2) is 54.6 Å². The lowest BCUT2D eigenvalue weighted by atomic mass is 10.1. The number of rotatable bonds is 5. The third-order valence-electron chi connectivity index (χ3n) is 3.56. The summed E-state index contributed by atoms with van der Waals surface area (Å²) in [6, 6.07) is 16.9. The zero-order chi connectivity index (χ0) is 15.2. The SMILES string of the molecule is CC(C(=O)Nc1ccccc1)N(C)Cc1ccccc1N. The Labute approximate surface area is 125 Å². The second kappa shape index (κ2) is 6.90. The lowest BCUT2D eigenvalue weighted by Gasteiger charge is -2.24. The third kappa shape index (κ3) is 4.07. The number of nitrogen functional groups attached to an aromatic ring is 1. The number of carbonyl (C=O) groups excluding carboxylic acids is 1. The van der Waals surface area contributed by atoms with Crippen molar-refractivity contribution < 1.29 is 4.79 Å². The summed E-state index contributed by atoms with van der Waals surface area (Å²) in [5.41, 5.74) is 8.53. The van der Waals surface area contributed by atoms with E-state index in [4.69, 9.17) is 5.73 Å². The van der Waals surface area contributed by atoms with E-state index in [-0.39, 0.29) is 11.9 Å². The van der Waals surface area contributed by atoms with Crippen molar-refractivity contribution in [1.82, 2.24) is 4.90 Å². The zero-order valence-corrected chi connectivity index (χ0v) is 12.4. The molecule has 0 aliphatic rings. The van der Waals surface area contributed by atoms with E-state index in [9.17, 15) is 4.79 Å². The molecule has 0 bridgehead atoms. The molecule has 0 heterocycles. The fourth-order valence-corrected chi connectivity index (χ4v) is 2.05. The molecule has 3 N–H and O–H groups in total. The summed E-state index contributed by atoms with van der Waals surface area (Å²) in [5.74, 6) is -0.0294. The minimum absolute atomic E-state index is 0.0294. The first-order chi connectivity index (χ1) is 10.1. The minimum atomic E-state index is -0.246. The van der Waals surface area contributed by atoms with E-state index in [1.165, 1.54) is 0 Å². The van der Waals surface area contributed by atoms with E-state index in [0.29, 0.717) is 6.54 Å². The Morgan fingerprint density at radius 3 is 2.43 bits per heavy atom. The summed E-state index contributed by atoms with van der Waals surface area (Å²) in [4.78, 5) is 14.2. The van der Waals surface area contributed by atoms with Crippen LogP contribution in [-0.4, -0.2) is 23.9 Å². The summed E-state index contributed by atoms with van der Waals surface area (Å²) in [5, 5.41) is 2.91. The van der Waals surface area contributed by atoms with Crippen molar-refractivity contribution in [1.29, 1.82) is 0 Å². The number of nitrogens with zero attached hydrogens (tertiary/aromatic N) is 1. The van der Waals surface area contributed by atoms with Crippen molar-refractivity contribution in [2.75, 3.05) is 18.1 Å². The van der Waals surface area contributed by atoms with Gasteiger partial charge < -0.3 is 11.1 Å². The van der Waals surface area contributed by atoms with Crippen LogP contribution in [0.3, 0.4) is 0 Å². The van der Waals surface area contributed by atoms with Crippen molar-refractivity contribution in [3.8, 4) is 0 Å². The van der Waals surface area contributed by atoms with E-state index in [2.05, 4.69) is 5.32 Å². The number of benzene rings is 2. The maximum Gasteiger partial charge on any atom is 0.241 e. The molecule has 2 rings (SSSR count). The van der Waals surface area contributed by atoms with E-state index >= 15 is 0 Å². The Bertz CT molecular complexity index is 598. The van der Waals surface area contributed by atoms with Crippen LogP contribution in [0.1, 0.15) is 12.5 Å². The minimum Gasteiger partial charge on any atom is -0.398 e. The highest BCUT2D eigenvalue weighted by Gasteiger charge is 2.18. The molecule has 4 heteroatoms. The van der Waals surface area contributed by atoms with Gasteiger partial charge in [-0.2, -0.15) is 0 Å². The Morgan fingerprint density at radius 2 is 1.76 bits per heavy atom. The normalized spacial score (nSPS) is 12.1. The first kappa shape index (κ1) is 15.1. The average molecular weight is 283 g/mol. The number of anilines is 2. The Kier molecular flexibility index (Phi) is 4.95. The van der Waals surface area contributed by atoms with Gasteiger partial charge >= 0.3 is 0 Å². The van der Waals surface area contributed by atoms with Crippen LogP contribution in [0.25, 0.3) is 0 Å². The van der Waals surface area contributed by atoms with E-state index in [0.717, 1.165) is 16.9 Å². The highest BCUT2D eigenvalue weighted by molar-refractivity contribution is 5.94. The van der Waals surface area contributed by atoms with Gasteiger partial charge in [0.15, 0.2) is 0 Å². The molecule has 0 aromatic heterocycles. The van der Waals surface area contributed by atoms with Crippen LogP contribution in [0.4, 0.5) is 11.4 Å². The van der Waals surface area contributed by atoms with Crippen molar-refractivity contribution in [3.05, 3.63) is 60.2 Å². The molecule has 21 heavy (non-hydrogen) atoms. The largest absolute Gasteiger partial charge is 0.398 e. The predicted octanol–water partition coefficient (Wildman–Crippen LogP) is 2.73. The number of amides is 1. The standard InChI is InChI=1S/C17H21N3O/c1-13(17(21)19-15-9-4-3-5-10-15)20(2)12-14-8-6-7-11-16(14)18/h3-11,13H,12,18H2,1-2H3,(H,19,21). The van der Waals surface area contributed by atoms with Crippen molar-refractivity contribution in [2.45, 2.75) is 19.5 Å². The van der Waals surface area contributed by atoms with Gasteiger partial charge in [-0.3, -0.25) is 9.69 Å². The quantitative estimate of drug-likeness (QED) is 0.830. The van der Waals surface area contributed by atoms with Crippen LogP contribution in [-0.2, 0) is 11.3 Å². The molecular formula is C17H21N3O. The van der Waals surface area contributed by atoms with Crippen molar-refractivity contribution >= 4 is 17.3 Å². The maximum atomic E-state index is 12.2. The average Bonchev–Trinajstić information content (AvgIpc) is 2.49. The van der Waals surface area contributed by atoms with Gasteiger partial charge in [-0.1, -0.05) is 36.4 Å². The summed E-state index contributed by atoms with van der Waals surface area (Å²) < 4.78 is 0. The molecule has 2 aromatic rings. The molecule has 0 fully saturated rings. The Morgan fingerprint density at radius 1 is 1.14 bits per heavy atom. The van der Waals surface area contributed by atoms with Gasteiger partial charge in [0.05, 0.1) is 6.04 Å². The number of nitrogens with one attached hydrogen (secondary N) is 1. The first-order valence-electron chi connectivity index (χ1n) is 6.97. The van der Waals surface area contributed by atoms with Gasteiger partial charge in [0, 0.05) is 17.9 Å². The molecule has 0 saturated heterocycles. The fourth-order valence-electron chi connectivity index (χ4n) is 2.05. The third-order valence-corrected chi connectivity index (χ3v) is 3.56. The van der Waals surface area contributed by atoms with Gasteiger partial charge in [-0.25, -0.2) is 0 Å². The molecule has 0 saturated carbocycles. The molecule has 0 spiro atoms. The number of nitrogens with two attached hydrogens (primary N) is 1. The fraction of sp³-hybridized carbons (Fsp3) is 0.235. The molecule has 1 atom stereocenters. The number of hydrogen-bond donors (Lipinski definition) is 2. The van der Waals surface area contributed by atoms with E-state index in [1.807, 2.05) is 73.5 Å². The summed E-state index contributed by atoms with van der Waals surface area (Å²) in [7, 11) is 1.92. The molecular weight excluding hydrogens is 262 g/mol. The molecule has 0 aliphatic heterocycles. The molecule has 4 nitrogen and oxygen atoms in total. The Hall–Kier alpha value is -2.33. The molecule has 0 aliphatic carbocycles. The second-order valence-corrected chi connectivity index (χ2v) is 5.15. The summed E-state index contributed by atoms with van der Waals surface area (Å²) in [6.07, 6.45) is 0. The first-order valence-corrected chi connectivity index (χ1v) is 6.97. The maximum absolute atomic E-state index is 12.2. The van der Waals surface area contributed by atoms with Crippen LogP contribution >= 0.6 is 0 Å².